The van der Waals surface area contributed by atoms with E-state index >= 15 is 0 Å². The summed E-state index contributed by atoms with van der Waals surface area (Å²) in [6.07, 6.45) is 7.94. The molecule has 0 radical (unpaired) electrons. The summed E-state index contributed by atoms with van der Waals surface area (Å²) in [5.74, 6) is 7.30. The first-order chi connectivity index (χ1) is 18.1. The highest BCUT2D eigenvalue weighted by Gasteiger charge is 2.19. The van der Waals surface area contributed by atoms with Crippen LogP contribution in [0.25, 0.3) is 11.0 Å². The smallest absolute Gasteiger partial charge is 0.323 e. The van der Waals surface area contributed by atoms with Crippen LogP contribution in [0.5, 0.6) is 11.8 Å². The van der Waals surface area contributed by atoms with Crippen LogP contribution in [0.4, 0.5) is 5.69 Å². The topological polar surface area (TPSA) is 98.9 Å². The van der Waals surface area contributed by atoms with E-state index in [0.29, 0.717) is 35.5 Å². The van der Waals surface area contributed by atoms with E-state index in [1.807, 2.05) is 37.4 Å². The fourth-order valence-corrected chi connectivity index (χ4v) is 4.49. The quantitative estimate of drug-likeness (QED) is 0.396. The Hall–Kier alpha value is -4.16. The average Bonchev–Trinajstić information content (AvgIpc) is 3.66. The lowest BCUT2D eigenvalue weighted by Crippen LogP contribution is -2.38. The molecule has 1 aliphatic carbocycles. The van der Waals surface area contributed by atoms with Crippen LogP contribution in [0, 0.1) is 17.8 Å². The fraction of sp³-hybridized carbons (Fsp3) is 0.357. The summed E-state index contributed by atoms with van der Waals surface area (Å²) in [6, 6.07) is 12.0. The minimum absolute atomic E-state index is 0.180. The Morgan fingerprint density at radius 2 is 2.05 bits per heavy atom. The molecule has 0 amide bonds. The third-order valence-corrected chi connectivity index (χ3v) is 6.77. The molecule has 1 aromatic carbocycles. The normalized spacial score (nSPS) is 17.3. The number of aromatic nitrogens is 5. The van der Waals surface area contributed by atoms with Crippen LogP contribution in [-0.4, -0.2) is 43.4 Å². The number of aryl methyl sites for hydroxylation is 1. The molecular weight excluding hydrogens is 466 g/mol. The van der Waals surface area contributed by atoms with Crippen molar-refractivity contribution in [3.8, 4) is 23.6 Å². The van der Waals surface area contributed by atoms with Crippen LogP contribution in [0.1, 0.15) is 36.9 Å². The Bertz CT molecular complexity index is 1540. The molecule has 1 saturated carbocycles. The van der Waals surface area contributed by atoms with Gasteiger partial charge in [-0.1, -0.05) is 11.8 Å². The van der Waals surface area contributed by atoms with Gasteiger partial charge in [0.2, 0.25) is 0 Å². The van der Waals surface area contributed by atoms with Crippen molar-refractivity contribution in [2.45, 2.75) is 38.3 Å². The first kappa shape index (κ1) is 23.3. The molecule has 9 heteroatoms. The molecule has 1 atom stereocenters. The zero-order valence-corrected chi connectivity index (χ0v) is 20.8. The lowest BCUT2D eigenvalue weighted by molar-refractivity contribution is 0.443. The third-order valence-electron chi connectivity index (χ3n) is 6.77. The van der Waals surface area contributed by atoms with Crippen LogP contribution in [-0.2, 0) is 13.6 Å². The number of anilines is 1. The minimum Gasteiger partial charge on any atom is -0.424 e. The van der Waals surface area contributed by atoms with Gasteiger partial charge < -0.3 is 15.4 Å². The minimum atomic E-state index is -0.181. The maximum Gasteiger partial charge on any atom is 0.323 e. The van der Waals surface area contributed by atoms with Crippen LogP contribution in [0.15, 0.2) is 53.6 Å². The molecule has 9 nitrogen and oxygen atoms in total. The number of fused-ring (bicyclic) bond motifs is 1. The molecule has 0 spiro atoms. The van der Waals surface area contributed by atoms with Gasteiger partial charge in [-0.25, -0.2) is 4.98 Å². The number of nitrogens with zero attached hydrogens (tertiary/aromatic N) is 5. The molecule has 6 rings (SSSR count). The number of piperidine rings is 1. The maximum atomic E-state index is 13.4. The van der Waals surface area contributed by atoms with E-state index in [4.69, 9.17) is 4.74 Å². The Morgan fingerprint density at radius 1 is 1.19 bits per heavy atom. The molecule has 188 valence electrons. The molecule has 2 aliphatic rings. The zero-order valence-electron chi connectivity index (χ0n) is 20.8. The van der Waals surface area contributed by atoms with Crippen molar-refractivity contribution in [1.29, 1.82) is 0 Å². The van der Waals surface area contributed by atoms with E-state index in [0.717, 1.165) is 49.1 Å². The Kier molecular flexibility index (Phi) is 6.33. The molecule has 37 heavy (non-hydrogen) atoms. The molecule has 3 aromatic heterocycles. The summed E-state index contributed by atoms with van der Waals surface area (Å²) < 4.78 is 9.36. The summed E-state index contributed by atoms with van der Waals surface area (Å²) in [5, 5.41) is 11.9. The summed E-state index contributed by atoms with van der Waals surface area (Å²) in [4.78, 5) is 22.5. The molecule has 1 saturated heterocycles. The van der Waals surface area contributed by atoms with E-state index in [1.54, 1.807) is 27.7 Å². The SMILES string of the molecule is Cn1nccc1Cn1c(=O)c(C#CC2CC2)cc2cnc(Oc3ccc(NC4CCCNC4)cc3)nc21. The number of ether oxygens (including phenoxy) is 1. The summed E-state index contributed by atoms with van der Waals surface area (Å²) >= 11 is 0. The van der Waals surface area contributed by atoms with Crippen molar-refractivity contribution in [2.75, 3.05) is 18.4 Å². The second-order valence-electron chi connectivity index (χ2n) is 9.68. The van der Waals surface area contributed by atoms with E-state index < -0.39 is 0 Å². The predicted octanol–water partition coefficient (Wildman–Crippen LogP) is 3.29. The van der Waals surface area contributed by atoms with Crippen molar-refractivity contribution in [3.63, 3.8) is 0 Å². The van der Waals surface area contributed by atoms with Crippen molar-refractivity contribution in [3.05, 3.63) is 70.4 Å². The standard InChI is InChI=1S/C28H29N7O2/c1-34-24(12-14-31-34)18-35-26-21(15-20(27(35)36)7-6-19-4-5-19)16-30-28(33-26)37-25-10-8-22(9-11-25)32-23-3-2-13-29-17-23/h8-12,14-16,19,23,29,32H,2-5,13,17-18H2,1H3. The van der Waals surface area contributed by atoms with Crippen LogP contribution >= 0.6 is 0 Å². The Labute approximate surface area is 214 Å². The van der Waals surface area contributed by atoms with Gasteiger partial charge in [-0.3, -0.25) is 14.0 Å². The van der Waals surface area contributed by atoms with Gasteiger partial charge >= 0.3 is 6.01 Å². The molecule has 0 bridgehead atoms. The number of hydrogen-bond donors (Lipinski definition) is 2. The van der Waals surface area contributed by atoms with Crippen LogP contribution in [0.3, 0.4) is 0 Å². The van der Waals surface area contributed by atoms with Crippen molar-refractivity contribution < 1.29 is 4.74 Å². The molecule has 4 aromatic rings. The second-order valence-corrected chi connectivity index (χ2v) is 9.68. The lowest BCUT2D eigenvalue weighted by atomic mass is 10.1. The number of rotatable bonds is 6. The van der Waals surface area contributed by atoms with Crippen molar-refractivity contribution >= 4 is 16.7 Å². The van der Waals surface area contributed by atoms with Crippen molar-refractivity contribution in [1.82, 2.24) is 29.6 Å². The highest BCUT2D eigenvalue weighted by atomic mass is 16.5. The molecule has 4 heterocycles. The van der Waals surface area contributed by atoms with E-state index in [9.17, 15) is 4.79 Å². The first-order valence-electron chi connectivity index (χ1n) is 12.8. The number of pyridine rings is 1. The van der Waals surface area contributed by atoms with Gasteiger partial charge in [0.05, 0.1) is 17.8 Å². The van der Waals surface area contributed by atoms with Gasteiger partial charge in [-0.05, 0) is 68.6 Å². The Balaban J connectivity index is 1.29. The van der Waals surface area contributed by atoms with E-state index in [-0.39, 0.29) is 11.6 Å². The van der Waals surface area contributed by atoms with Gasteiger partial charge in [0.15, 0.2) is 5.65 Å². The van der Waals surface area contributed by atoms with Crippen LogP contribution in [0.2, 0.25) is 0 Å². The highest BCUT2D eigenvalue weighted by Crippen LogP contribution is 2.28. The fourth-order valence-electron chi connectivity index (χ4n) is 4.49. The summed E-state index contributed by atoms with van der Waals surface area (Å²) in [7, 11) is 1.85. The summed E-state index contributed by atoms with van der Waals surface area (Å²) in [5.41, 5.74) is 2.70. The van der Waals surface area contributed by atoms with Crippen molar-refractivity contribution in [2.24, 2.45) is 13.0 Å². The lowest BCUT2D eigenvalue weighted by Gasteiger charge is -2.24. The second kappa shape index (κ2) is 10.1. The van der Waals surface area contributed by atoms with E-state index in [1.165, 1.54) is 6.42 Å². The van der Waals surface area contributed by atoms with Gasteiger partial charge in [0.1, 0.15) is 5.75 Å². The van der Waals surface area contributed by atoms with Gasteiger partial charge in [-0.2, -0.15) is 10.1 Å². The number of benzene rings is 1. The van der Waals surface area contributed by atoms with Gasteiger partial charge in [-0.15, -0.1) is 0 Å². The largest absolute Gasteiger partial charge is 0.424 e. The molecule has 2 fully saturated rings. The third kappa shape index (κ3) is 5.34. The van der Waals surface area contributed by atoms with E-state index in [2.05, 4.69) is 37.5 Å². The summed E-state index contributed by atoms with van der Waals surface area (Å²) in [6.45, 7) is 2.37. The number of nitrogens with one attached hydrogen (secondary N) is 2. The average molecular weight is 496 g/mol. The molecular formula is C28H29N7O2. The monoisotopic (exact) mass is 495 g/mol. The van der Waals surface area contributed by atoms with Crippen LogP contribution < -0.4 is 20.9 Å². The van der Waals surface area contributed by atoms with Gasteiger partial charge in [0, 0.05) is 49.0 Å². The zero-order chi connectivity index (χ0) is 25.2. The maximum absolute atomic E-state index is 13.4. The predicted molar refractivity (Wildman–Crippen MR) is 142 cm³/mol. The molecule has 1 unspecified atom stereocenters. The molecule has 2 N–H and O–H groups in total. The number of hydrogen-bond acceptors (Lipinski definition) is 7. The first-order valence-corrected chi connectivity index (χ1v) is 12.8. The molecule has 1 aliphatic heterocycles. The highest BCUT2D eigenvalue weighted by molar-refractivity contribution is 5.76. The Morgan fingerprint density at radius 3 is 2.78 bits per heavy atom. The van der Waals surface area contributed by atoms with Gasteiger partial charge in [0.25, 0.3) is 5.56 Å².